The second-order valence-electron chi connectivity index (χ2n) is 24.6. The molecular formula is C71H121BrO5PS3+. The Balaban J connectivity index is 0. The predicted octanol–water partition coefficient (Wildman–Crippen LogP) is 21.8. The maximum Gasteiger partial charge on any atom is 0.186 e. The van der Waals surface area contributed by atoms with Gasteiger partial charge in [0.1, 0.15) is 29.0 Å². The Labute approximate surface area is 522 Å². The van der Waals surface area contributed by atoms with Crippen LogP contribution >= 0.6 is 58.5 Å². The van der Waals surface area contributed by atoms with Crippen LogP contribution in [0.3, 0.4) is 0 Å². The lowest BCUT2D eigenvalue weighted by atomic mass is 10.0. The summed E-state index contributed by atoms with van der Waals surface area (Å²) in [6.07, 6.45) is 35.4. The molecule has 0 bridgehead atoms. The monoisotopic (exact) mass is 1260 g/mol. The largest absolute Gasteiger partial charge is 0.390 e. The molecule has 0 aliphatic carbocycles. The Morgan fingerprint density at radius 3 is 0.938 bits per heavy atom. The first-order valence-corrected chi connectivity index (χ1v) is 37.2. The molecule has 3 aromatic rings. The number of thioether (sulfide) groups is 3. The van der Waals surface area contributed by atoms with E-state index in [4.69, 9.17) is 0 Å². The highest BCUT2D eigenvalue weighted by Crippen LogP contribution is 2.56. The molecule has 464 valence electrons. The first-order chi connectivity index (χ1) is 38.2. The van der Waals surface area contributed by atoms with Gasteiger partial charge >= 0.3 is 0 Å². The Morgan fingerprint density at radius 1 is 0.395 bits per heavy atom. The van der Waals surface area contributed by atoms with Gasteiger partial charge in [-0.25, -0.2) is 0 Å². The van der Waals surface area contributed by atoms with E-state index in [0.717, 1.165) is 43.9 Å². The lowest BCUT2D eigenvalue weighted by Gasteiger charge is -2.28. The number of carbonyl (C=O) groups excluding carboxylic acids is 4. The molecule has 0 atom stereocenters. The van der Waals surface area contributed by atoms with Gasteiger partial charge in [0.15, 0.2) is 15.3 Å². The Kier molecular flexibility index (Phi) is 49.6. The van der Waals surface area contributed by atoms with Crippen LogP contribution < -0.4 is 15.9 Å². The molecule has 3 rings (SSSR count). The minimum absolute atomic E-state index is 0.0424. The fourth-order valence-corrected chi connectivity index (χ4v) is 17.6. The summed E-state index contributed by atoms with van der Waals surface area (Å²) in [4.78, 5) is 43.9. The molecular weight excluding hydrogens is 1140 g/mol. The summed E-state index contributed by atoms with van der Waals surface area (Å²) >= 11 is 7.86. The normalized spacial score (nSPS) is 11.6. The summed E-state index contributed by atoms with van der Waals surface area (Å²) < 4.78 is 0.305. The van der Waals surface area contributed by atoms with Crippen molar-refractivity contribution in [2.45, 2.75) is 303 Å². The molecule has 0 radical (unpaired) electrons. The molecule has 0 unspecified atom stereocenters. The fourth-order valence-electron chi connectivity index (χ4n) is 9.75. The SMILES string of the molecule is CC(=O)SC(C)(C)CCCCCCBr.CC(=O)SC(C)(C)CCCCCC[P+](c1ccccc1)(c1ccccc1)c1ccccc1.CCCCCCCC(C)(C)O.CCCCCCCC(C)(C)SC(C)=O.CCCCCCCC(C)=O. The number of aliphatic hydroxyl groups is 1. The molecule has 0 spiro atoms. The van der Waals surface area contributed by atoms with Crippen molar-refractivity contribution in [1.29, 1.82) is 0 Å². The maximum absolute atomic E-state index is 11.5. The number of hydrogen-bond acceptors (Lipinski definition) is 8. The molecule has 0 heterocycles. The standard InChI is InChI=1S/C29H36OPS.C12H24OS.C11H21BrOS.C10H22O.C9H18O/c1-25(30)32-29(2,3)23-15-4-5-16-24-31(26-17-9-6-10-18-26,27-19-11-7-12-20-27)28-21-13-8-14-22-28;1-5-6-7-8-9-10-12(3,4)14-11(2)13;1-10(13)14-11(2,3)8-6-4-5-7-9-12;1-4-5-6-7-8-9-10(2,3)11;1-3-4-5-6-7-8-9(2)10/h6-14,17-22H,4-5,15-16,23-24H2,1-3H3;5-10H2,1-4H3;4-9H2,1-3H3;11H,4-9H2,1-3H3;3-8H2,1-2H3/q+1;;;;. The smallest absolute Gasteiger partial charge is 0.186 e. The van der Waals surface area contributed by atoms with Crippen molar-refractivity contribution in [2.24, 2.45) is 0 Å². The maximum atomic E-state index is 11.5. The number of benzene rings is 3. The molecule has 10 heteroatoms. The van der Waals surface area contributed by atoms with Crippen molar-refractivity contribution < 1.29 is 24.3 Å². The fraction of sp³-hybridized carbons (Fsp3) is 0.690. The van der Waals surface area contributed by atoms with E-state index in [0.29, 0.717) is 5.78 Å². The van der Waals surface area contributed by atoms with Crippen molar-refractivity contribution in [1.82, 2.24) is 0 Å². The van der Waals surface area contributed by atoms with Crippen LogP contribution in [0.25, 0.3) is 0 Å². The zero-order valence-corrected chi connectivity index (χ0v) is 59.4. The number of hydrogen-bond donors (Lipinski definition) is 1. The summed E-state index contributed by atoms with van der Waals surface area (Å²) in [6, 6.07) is 33.4. The van der Waals surface area contributed by atoms with Gasteiger partial charge in [-0.15, -0.1) is 0 Å². The number of unbranched alkanes of at least 4 members (excludes halogenated alkanes) is 18. The van der Waals surface area contributed by atoms with Crippen LogP contribution in [-0.4, -0.2) is 57.6 Å². The summed E-state index contributed by atoms with van der Waals surface area (Å²) in [5.41, 5.74) is -0.452. The molecule has 5 nitrogen and oxygen atoms in total. The average Bonchev–Trinajstić information content (AvgIpc) is 3.60. The third kappa shape index (κ3) is 48.1. The molecule has 0 amide bonds. The molecule has 3 aromatic carbocycles. The van der Waals surface area contributed by atoms with Gasteiger partial charge in [0.25, 0.3) is 0 Å². The van der Waals surface area contributed by atoms with E-state index < -0.39 is 12.9 Å². The first-order valence-electron chi connectivity index (χ1n) is 31.6. The number of Topliss-reactive ketones (excluding diaryl/α,β-unsaturated/α-hetero) is 1. The number of alkyl halides is 1. The van der Waals surface area contributed by atoms with Gasteiger partial charge in [-0.05, 0) is 109 Å². The lowest BCUT2D eigenvalue weighted by Crippen LogP contribution is -2.33. The highest BCUT2D eigenvalue weighted by atomic mass is 79.9. The third-order valence-electron chi connectivity index (χ3n) is 13.9. The molecule has 0 aliphatic rings. The van der Waals surface area contributed by atoms with Gasteiger partial charge in [0, 0.05) is 46.8 Å². The zero-order chi connectivity index (χ0) is 61.5. The summed E-state index contributed by atoms with van der Waals surface area (Å²) in [5, 5.41) is 15.6. The Morgan fingerprint density at radius 2 is 0.667 bits per heavy atom. The van der Waals surface area contributed by atoms with Crippen LogP contribution in [0.1, 0.15) is 284 Å². The number of carbonyl (C=O) groups is 4. The van der Waals surface area contributed by atoms with E-state index in [1.165, 1.54) is 199 Å². The van der Waals surface area contributed by atoms with Gasteiger partial charge in [-0.2, -0.15) is 0 Å². The number of halogens is 1. The molecule has 0 aromatic heterocycles. The quantitative estimate of drug-likeness (QED) is 0.0347. The number of ketones is 1. The van der Waals surface area contributed by atoms with Crippen molar-refractivity contribution in [2.75, 3.05) is 11.5 Å². The number of rotatable bonds is 37. The molecule has 1 N–H and O–H groups in total. The Hall–Kier alpha value is -1.74. The minimum atomic E-state index is -1.70. The van der Waals surface area contributed by atoms with Crippen molar-refractivity contribution in [3.8, 4) is 0 Å². The van der Waals surface area contributed by atoms with Gasteiger partial charge in [-0.3, -0.25) is 14.4 Å². The van der Waals surface area contributed by atoms with Gasteiger partial charge < -0.3 is 9.90 Å². The molecule has 0 fully saturated rings. The van der Waals surface area contributed by atoms with E-state index in [2.05, 4.69) is 169 Å². The van der Waals surface area contributed by atoms with E-state index >= 15 is 0 Å². The van der Waals surface area contributed by atoms with E-state index in [1.807, 2.05) is 13.8 Å². The second-order valence-corrected chi connectivity index (χ2v) is 34.7. The van der Waals surface area contributed by atoms with E-state index in [-0.39, 0.29) is 29.6 Å². The van der Waals surface area contributed by atoms with Crippen LogP contribution in [0.5, 0.6) is 0 Å². The predicted molar refractivity (Wildman–Crippen MR) is 374 cm³/mol. The lowest BCUT2D eigenvalue weighted by molar-refractivity contribution is -0.117. The van der Waals surface area contributed by atoms with Gasteiger partial charge in [0.05, 0.1) is 11.8 Å². The molecule has 0 aliphatic heterocycles. The van der Waals surface area contributed by atoms with Crippen LogP contribution in [-0.2, 0) is 19.2 Å². The second kappa shape index (κ2) is 49.4. The average molecular weight is 1260 g/mol. The summed E-state index contributed by atoms with van der Waals surface area (Å²) in [6.45, 7) is 30.1. The van der Waals surface area contributed by atoms with Gasteiger partial charge in [0.2, 0.25) is 0 Å². The highest BCUT2D eigenvalue weighted by Gasteiger charge is 2.44. The van der Waals surface area contributed by atoms with Crippen LogP contribution in [0.4, 0.5) is 0 Å². The van der Waals surface area contributed by atoms with Crippen LogP contribution in [0.15, 0.2) is 91.0 Å². The molecule has 81 heavy (non-hydrogen) atoms. The summed E-state index contributed by atoms with van der Waals surface area (Å²) in [7, 11) is -1.70. The van der Waals surface area contributed by atoms with E-state index in [9.17, 15) is 24.3 Å². The van der Waals surface area contributed by atoms with E-state index in [1.54, 1.807) is 27.7 Å². The first kappa shape index (κ1) is 81.3. The molecule has 0 saturated heterocycles. The topological polar surface area (TPSA) is 88.5 Å². The van der Waals surface area contributed by atoms with Crippen molar-refractivity contribution in [3.63, 3.8) is 0 Å². The van der Waals surface area contributed by atoms with Gasteiger partial charge in [-0.1, -0.05) is 290 Å². The minimum Gasteiger partial charge on any atom is -0.390 e. The van der Waals surface area contributed by atoms with Crippen LogP contribution in [0, 0.1) is 0 Å². The van der Waals surface area contributed by atoms with Crippen molar-refractivity contribution in [3.05, 3.63) is 91.0 Å². The molecule has 0 saturated carbocycles. The van der Waals surface area contributed by atoms with Crippen LogP contribution in [0.2, 0.25) is 0 Å². The highest BCUT2D eigenvalue weighted by molar-refractivity contribution is 9.09. The van der Waals surface area contributed by atoms with Crippen molar-refractivity contribution >= 4 is 95.5 Å². The summed E-state index contributed by atoms with van der Waals surface area (Å²) in [5.74, 6) is 0.330. The third-order valence-corrected chi connectivity index (χ3v) is 22.2. The Bertz CT molecular complexity index is 1850. The zero-order valence-electron chi connectivity index (χ0n) is 54.5.